The minimum Gasteiger partial charge on any atom is -0.493 e. The summed E-state index contributed by atoms with van der Waals surface area (Å²) in [4.78, 5) is 13.2. The van der Waals surface area contributed by atoms with E-state index in [1.54, 1.807) is 6.92 Å². The van der Waals surface area contributed by atoms with E-state index in [4.69, 9.17) is 4.74 Å². The first kappa shape index (κ1) is 21.6. The van der Waals surface area contributed by atoms with Crippen LogP contribution in [-0.2, 0) is 5.60 Å². The second-order valence-electron chi connectivity index (χ2n) is 7.99. The van der Waals surface area contributed by atoms with Crippen LogP contribution in [0.5, 0.6) is 5.75 Å². The molecule has 4 heteroatoms. The van der Waals surface area contributed by atoms with Crippen molar-refractivity contribution in [2.24, 2.45) is 0 Å². The summed E-state index contributed by atoms with van der Waals surface area (Å²) in [5.74, 6) is 0.266. The molecule has 0 aliphatic heterocycles. The fraction of sp³-hybridized carbons (Fsp3) is 0.179. The summed E-state index contributed by atoms with van der Waals surface area (Å²) in [6, 6.07) is 29.3. The van der Waals surface area contributed by atoms with Gasteiger partial charge in [0.15, 0.2) is 0 Å². The van der Waals surface area contributed by atoms with Gasteiger partial charge in [-0.2, -0.15) is 0 Å². The summed E-state index contributed by atoms with van der Waals surface area (Å²) in [6.07, 6.45) is 0. The Morgan fingerprint density at radius 3 is 2.25 bits per heavy atom. The first-order valence-corrected chi connectivity index (χ1v) is 10.8. The number of benzene rings is 4. The van der Waals surface area contributed by atoms with E-state index in [1.165, 1.54) is 0 Å². The predicted molar refractivity (Wildman–Crippen MR) is 129 cm³/mol. The highest BCUT2D eigenvalue weighted by molar-refractivity contribution is 6.09. The molecule has 0 aliphatic rings. The first-order valence-electron chi connectivity index (χ1n) is 10.8. The van der Waals surface area contributed by atoms with Gasteiger partial charge in [-0.05, 0) is 47.4 Å². The maximum atomic E-state index is 13.2. The highest BCUT2D eigenvalue weighted by Crippen LogP contribution is 2.29. The summed E-state index contributed by atoms with van der Waals surface area (Å²) in [5.41, 5.74) is 2.19. The third-order valence-electron chi connectivity index (χ3n) is 5.62. The normalized spacial score (nSPS) is 12.8. The number of fused-ring (bicyclic) bond motifs is 1. The van der Waals surface area contributed by atoms with Crippen LogP contribution in [0.4, 0.5) is 0 Å². The van der Waals surface area contributed by atoms with Gasteiger partial charge in [0, 0.05) is 0 Å². The standard InChI is InChI=1S/C28H27NO3/c1-3-32-25-18-15-22-11-7-8-12-24(22)26(25)27(30)29-19-28(2,31)23-16-13-21(14-17-23)20-9-5-4-6-10-20/h4-18,31H,3,19H2,1-2H3,(H,29,30). The zero-order chi connectivity index (χ0) is 22.6. The number of carbonyl (C=O) groups excluding carboxylic acids is 1. The van der Waals surface area contributed by atoms with Gasteiger partial charge in [0.1, 0.15) is 11.4 Å². The quantitative estimate of drug-likeness (QED) is 0.409. The van der Waals surface area contributed by atoms with Crippen molar-refractivity contribution < 1.29 is 14.6 Å². The molecule has 0 heterocycles. The molecule has 0 saturated carbocycles. The Morgan fingerprint density at radius 2 is 1.53 bits per heavy atom. The van der Waals surface area contributed by atoms with Crippen molar-refractivity contribution in [3.05, 3.63) is 102 Å². The fourth-order valence-corrected chi connectivity index (χ4v) is 3.86. The molecule has 0 radical (unpaired) electrons. The summed E-state index contributed by atoms with van der Waals surface area (Å²) < 4.78 is 5.71. The number of carbonyl (C=O) groups is 1. The summed E-state index contributed by atoms with van der Waals surface area (Å²) in [7, 11) is 0. The number of hydrogen-bond acceptors (Lipinski definition) is 3. The van der Waals surface area contributed by atoms with Crippen molar-refractivity contribution in [2.45, 2.75) is 19.4 Å². The summed E-state index contributed by atoms with van der Waals surface area (Å²) in [6.45, 7) is 4.13. The number of hydrogen-bond donors (Lipinski definition) is 2. The van der Waals surface area contributed by atoms with Crippen LogP contribution in [-0.4, -0.2) is 24.2 Å². The number of ether oxygens (including phenoxy) is 1. The number of rotatable bonds is 7. The molecule has 0 aromatic heterocycles. The maximum Gasteiger partial charge on any atom is 0.255 e. The second kappa shape index (κ2) is 9.25. The van der Waals surface area contributed by atoms with Crippen molar-refractivity contribution in [3.8, 4) is 16.9 Å². The molecule has 0 spiro atoms. The van der Waals surface area contributed by atoms with Crippen LogP contribution in [0.3, 0.4) is 0 Å². The lowest BCUT2D eigenvalue weighted by atomic mass is 9.93. The van der Waals surface area contributed by atoms with E-state index in [-0.39, 0.29) is 12.5 Å². The van der Waals surface area contributed by atoms with Gasteiger partial charge in [-0.25, -0.2) is 0 Å². The first-order chi connectivity index (χ1) is 15.5. The Balaban J connectivity index is 1.54. The Kier molecular flexibility index (Phi) is 6.24. The molecule has 1 atom stereocenters. The third kappa shape index (κ3) is 4.51. The van der Waals surface area contributed by atoms with Gasteiger partial charge in [0.25, 0.3) is 5.91 Å². The van der Waals surface area contributed by atoms with E-state index >= 15 is 0 Å². The largest absolute Gasteiger partial charge is 0.493 e. The van der Waals surface area contributed by atoms with Gasteiger partial charge >= 0.3 is 0 Å². The minimum atomic E-state index is -1.22. The molecular weight excluding hydrogens is 398 g/mol. The Labute approximate surface area is 188 Å². The molecule has 0 aliphatic carbocycles. The summed E-state index contributed by atoms with van der Waals surface area (Å²) in [5, 5.41) is 15.8. The molecule has 4 aromatic carbocycles. The minimum absolute atomic E-state index is 0.0747. The van der Waals surface area contributed by atoms with Crippen LogP contribution < -0.4 is 10.1 Å². The number of amides is 1. The lowest BCUT2D eigenvalue weighted by molar-refractivity contribution is 0.0526. The van der Waals surface area contributed by atoms with E-state index in [0.29, 0.717) is 17.9 Å². The van der Waals surface area contributed by atoms with E-state index in [2.05, 4.69) is 5.32 Å². The fourth-order valence-electron chi connectivity index (χ4n) is 3.86. The lowest BCUT2D eigenvalue weighted by Gasteiger charge is -2.25. The van der Waals surface area contributed by atoms with Crippen molar-refractivity contribution in [1.82, 2.24) is 5.32 Å². The SMILES string of the molecule is CCOc1ccc2ccccc2c1C(=O)NCC(C)(O)c1ccc(-c2ccccc2)cc1. The number of nitrogens with one attached hydrogen (secondary N) is 1. The molecule has 0 bridgehead atoms. The van der Waals surface area contributed by atoms with Crippen molar-refractivity contribution in [2.75, 3.05) is 13.2 Å². The molecule has 1 unspecified atom stereocenters. The smallest absolute Gasteiger partial charge is 0.255 e. The highest BCUT2D eigenvalue weighted by Gasteiger charge is 2.25. The van der Waals surface area contributed by atoms with Crippen LogP contribution >= 0.6 is 0 Å². The zero-order valence-corrected chi connectivity index (χ0v) is 18.3. The van der Waals surface area contributed by atoms with Gasteiger partial charge in [0.05, 0.1) is 18.7 Å². The molecule has 162 valence electrons. The van der Waals surface area contributed by atoms with Crippen LogP contribution in [0.2, 0.25) is 0 Å². The monoisotopic (exact) mass is 425 g/mol. The van der Waals surface area contributed by atoms with Crippen molar-refractivity contribution in [1.29, 1.82) is 0 Å². The molecule has 32 heavy (non-hydrogen) atoms. The van der Waals surface area contributed by atoms with Crippen LogP contribution in [0.15, 0.2) is 91.0 Å². The van der Waals surface area contributed by atoms with Gasteiger partial charge in [-0.15, -0.1) is 0 Å². The Bertz CT molecular complexity index is 1210. The molecule has 2 N–H and O–H groups in total. The second-order valence-corrected chi connectivity index (χ2v) is 7.99. The van der Waals surface area contributed by atoms with Crippen LogP contribution in [0, 0.1) is 0 Å². The Hall–Kier alpha value is -3.63. The van der Waals surface area contributed by atoms with Crippen molar-refractivity contribution in [3.63, 3.8) is 0 Å². The third-order valence-corrected chi connectivity index (χ3v) is 5.62. The molecular formula is C28H27NO3. The average molecular weight is 426 g/mol. The van der Waals surface area contributed by atoms with Gasteiger partial charge in [-0.3, -0.25) is 4.79 Å². The van der Waals surface area contributed by atoms with Gasteiger partial charge in [0.2, 0.25) is 0 Å². The predicted octanol–water partition coefficient (Wildman–Crippen LogP) is 5.54. The highest BCUT2D eigenvalue weighted by atomic mass is 16.5. The topological polar surface area (TPSA) is 58.6 Å². The molecule has 4 aromatic rings. The zero-order valence-electron chi connectivity index (χ0n) is 18.3. The molecule has 4 nitrogen and oxygen atoms in total. The average Bonchev–Trinajstić information content (AvgIpc) is 2.83. The molecule has 0 saturated heterocycles. The molecule has 4 rings (SSSR count). The summed E-state index contributed by atoms with van der Waals surface area (Å²) >= 11 is 0. The molecule has 1 amide bonds. The van der Waals surface area contributed by atoms with Crippen molar-refractivity contribution >= 4 is 16.7 Å². The van der Waals surface area contributed by atoms with Gasteiger partial charge in [-0.1, -0.05) is 84.9 Å². The molecule has 0 fully saturated rings. The van der Waals surface area contributed by atoms with E-state index < -0.39 is 5.60 Å². The maximum absolute atomic E-state index is 13.2. The lowest BCUT2D eigenvalue weighted by Crippen LogP contribution is -2.38. The number of aliphatic hydroxyl groups is 1. The van der Waals surface area contributed by atoms with E-state index in [9.17, 15) is 9.90 Å². The van der Waals surface area contributed by atoms with Gasteiger partial charge < -0.3 is 15.2 Å². The van der Waals surface area contributed by atoms with Crippen LogP contribution in [0.25, 0.3) is 21.9 Å². The van der Waals surface area contributed by atoms with E-state index in [1.807, 2.05) is 97.9 Å². The van der Waals surface area contributed by atoms with Crippen LogP contribution in [0.1, 0.15) is 29.8 Å². The Morgan fingerprint density at radius 1 is 0.875 bits per heavy atom. The van der Waals surface area contributed by atoms with E-state index in [0.717, 1.165) is 27.5 Å².